The first kappa shape index (κ1) is 17.8. The van der Waals surface area contributed by atoms with Crippen LogP contribution in [-0.2, 0) is 16.0 Å². The zero-order chi connectivity index (χ0) is 17.6. The van der Waals surface area contributed by atoms with E-state index in [1.807, 2.05) is 17.0 Å². The fourth-order valence-electron chi connectivity index (χ4n) is 4.04. The van der Waals surface area contributed by atoms with E-state index in [1.165, 1.54) is 0 Å². The summed E-state index contributed by atoms with van der Waals surface area (Å²) in [4.78, 5) is 27.4. The third-order valence-corrected chi connectivity index (χ3v) is 5.49. The predicted molar refractivity (Wildman–Crippen MR) is 96.1 cm³/mol. The van der Waals surface area contributed by atoms with Gasteiger partial charge in [-0.05, 0) is 49.8 Å². The van der Waals surface area contributed by atoms with Gasteiger partial charge in [-0.1, -0.05) is 25.0 Å². The summed E-state index contributed by atoms with van der Waals surface area (Å²) in [6, 6.07) is 7.04. The highest BCUT2D eigenvalue weighted by atomic mass is 16.3. The minimum atomic E-state index is -0.179. The van der Waals surface area contributed by atoms with Gasteiger partial charge in [0.25, 0.3) is 0 Å². The number of nitrogens with one attached hydrogen (secondary N) is 1. The second-order valence-corrected chi connectivity index (χ2v) is 7.24. The third-order valence-electron chi connectivity index (χ3n) is 5.49. The molecule has 136 valence electrons. The number of phenols is 1. The Balaban J connectivity index is 1.53. The highest BCUT2D eigenvalue weighted by molar-refractivity contribution is 5.88. The highest BCUT2D eigenvalue weighted by Crippen LogP contribution is 2.32. The van der Waals surface area contributed by atoms with Crippen LogP contribution in [0.3, 0.4) is 0 Å². The van der Waals surface area contributed by atoms with Crippen LogP contribution in [0.15, 0.2) is 24.3 Å². The third kappa shape index (κ3) is 4.53. The van der Waals surface area contributed by atoms with Crippen molar-refractivity contribution in [3.63, 3.8) is 0 Å². The van der Waals surface area contributed by atoms with Gasteiger partial charge >= 0.3 is 0 Å². The minimum Gasteiger partial charge on any atom is -0.508 e. The fraction of sp³-hybridized carbons (Fsp3) is 0.600. The van der Waals surface area contributed by atoms with Crippen LogP contribution in [0.4, 0.5) is 0 Å². The molecule has 1 saturated heterocycles. The quantitative estimate of drug-likeness (QED) is 0.862. The first-order valence-corrected chi connectivity index (χ1v) is 9.49. The second-order valence-electron chi connectivity index (χ2n) is 7.24. The Morgan fingerprint density at radius 3 is 2.32 bits per heavy atom. The van der Waals surface area contributed by atoms with Crippen molar-refractivity contribution in [1.29, 1.82) is 0 Å². The molecule has 5 nitrogen and oxygen atoms in total. The molecular formula is C20H28N2O3. The zero-order valence-corrected chi connectivity index (χ0v) is 14.7. The largest absolute Gasteiger partial charge is 0.508 e. The minimum absolute atomic E-state index is 0.0241. The molecule has 0 spiro atoms. The number of likely N-dealkylation sites (tertiary alicyclic amines) is 1. The number of rotatable bonds is 5. The van der Waals surface area contributed by atoms with Crippen molar-refractivity contribution in [2.24, 2.45) is 11.8 Å². The smallest absolute Gasteiger partial charge is 0.226 e. The predicted octanol–water partition coefficient (Wildman–Crippen LogP) is 2.48. The first-order chi connectivity index (χ1) is 12.1. The maximum absolute atomic E-state index is 12.8. The van der Waals surface area contributed by atoms with Crippen molar-refractivity contribution in [3.8, 4) is 5.75 Å². The lowest BCUT2D eigenvalue weighted by atomic mass is 9.78. The van der Waals surface area contributed by atoms with Crippen LogP contribution >= 0.6 is 0 Å². The Labute approximate surface area is 149 Å². The number of carbonyl (C=O) groups is 2. The van der Waals surface area contributed by atoms with E-state index in [-0.39, 0.29) is 29.4 Å². The molecule has 1 aromatic carbocycles. The summed E-state index contributed by atoms with van der Waals surface area (Å²) in [6.07, 6.45) is 6.62. The Morgan fingerprint density at radius 2 is 1.64 bits per heavy atom. The van der Waals surface area contributed by atoms with Crippen LogP contribution in [0.5, 0.6) is 5.75 Å². The van der Waals surface area contributed by atoms with Crippen LogP contribution in [0, 0.1) is 11.8 Å². The number of hydrogen-bond acceptors (Lipinski definition) is 3. The van der Waals surface area contributed by atoms with Crippen LogP contribution in [0.1, 0.15) is 44.1 Å². The Bertz CT molecular complexity index is 593. The van der Waals surface area contributed by atoms with Gasteiger partial charge in [0.1, 0.15) is 5.75 Å². The molecule has 3 rings (SSSR count). The van der Waals surface area contributed by atoms with Gasteiger partial charge in [0.05, 0.1) is 0 Å². The maximum Gasteiger partial charge on any atom is 0.226 e. The van der Waals surface area contributed by atoms with Crippen LogP contribution < -0.4 is 5.32 Å². The van der Waals surface area contributed by atoms with Gasteiger partial charge in [-0.3, -0.25) is 9.59 Å². The Morgan fingerprint density at radius 1 is 1.00 bits per heavy atom. The number of amides is 2. The molecule has 2 aliphatic rings. The molecule has 2 atom stereocenters. The maximum atomic E-state index is 12.8. The van der Waals surface area contributed by atoms with Gasteiger partial charge in [-0.15, -0.1) is 0 Å². The van der Waals surface area contributed by atoms with Gasteiger partial charge in [0.2, 0.25) is 11.8 Å². The molecule has 1 heterocycles. The number of carbonyl (C=O) groups excluding carboxylic acids is 2. The van der Waals surface area contributed by atoms with Crippen molar-refractivity contribution in [2.75, 3.05) is 19.6 Å². The monoisotopic (exact) mass is 344 g/mol. The molecule has 0 radical (unpaired) electrons. The molecule has 2 amide bonds. The standard InChI is InChI=1S/C20H28N2O3/c23-16-9-7-15(8-10-16)11-12-21-19(24)17-5-1-2-6-18(17)20(25)22-13-3-4-14-22/h7-10,17-18,23H,1-6,11-14H2,(H,21,24)/t17-,18-/m0/s1. The molecule has 1 saturated carbocycles. The van der Waals surface area contributed by atoms with Crippen molar-refractivity contribution in [1.82, 2.24) is 10.2 Å². The molecule has 2 N–H and O–H groups in total. The Hall–Kier alpha value is -2.04. The molecule has 5 heteroatoms. The van der Waals surface area contributed by atoms with E-state index in [1.54, 1.807) is 12.1 Å². The molecule has 1 aliphatic heterocycles. The summed E-state index contributed by atoms with van der Waals surface area (Å²) in [5, 5.41) is 12.3. The van der Waals surface area contributed by atoms with Crippen molar-refractivity contribution >= 4 is 11.8 Å². The van der Waals surface area contributed by atoms with Crippen LogP contribution in [0.25, 0.3) is 0 Å². The zero-order valence-electron chi connectivity index (χ0n) is 14.7. The summed E-state index contributed by atoms with van der Waals surface area (Å²) >= 11 is 0. The van der Waals surface area contributed by atoms with Gasteiger partial charge < -0.3 is 15.3 Å². The number of aromatic hydroxyl groups is 1. The number of nitrogens with zero attached hydrogens (tertiary/aromatic N) is 1. The molecule has 0 aromatic heterocycles. The van der Waals surface area contributed by atoms with Gasteiger partial charge in [-0.2, -0.15) is 0 Å². The molecule has 2 fully saturated rings. The van der Waals surface area contributed by atoms with Gasteiger partial charge in [0.15, 0.2) is 0 Å². The first-order valence-electron chi connectivity index (χ1n) is 9.49. The van der Waals surface area contributed by atoms with Crippen molar-refractivity contribution in [2.45, 2.75) is 44.9 Å². The number of phenolic OH excluding ortho intramolecular Hbond substituents is 1. The molecule has 1 aliphatic carbocycles. The van der Waals surface area contributed by atoms with E-state index in [9.17, 15) is 14.7 Å². The van der Waals surface area contributed by atoms with Crippen molar-refractivity contribution < 1.29 is 14.7 Å². The van der Waals surface area contributed by atoms with E-state index in [4.69, 9.17) is 0 Å². The lowest BCUT2D eigenvalue weighted by Gasteiger charge is -2.32. The fourth-order valence-corrected chi connectivity index (χ4v) is 4.04. The van der Waals surface area contributed by atoms with E-state index >= 15 is 0 Å². The molecule has 0 unspecified atom stereocenters. The number of benzene rings is 1. The number of hydrogen-bond donors (Lipinski definition) is 2. The van der Waals surface area contributed by atoms with E-state index in [0.29, 0.717) is 6.54 Å². The normalized spacial score (nSPS) is 23.4. The second kappa shape index (κ2) is 8.37. The van der Waals surface area contributed by atoms with Crippen LogP contribution in [-0.4, -0.2) is 41.5 Å². The molecule has 1 aromatic rings. The average Bonchev–Trinajstić information content (AvgIpc) is 3.17. The summed E-state index contributed by atoms with van der Waals surface area (Å²) in [5.41, 5.74) is 1.08. The van der Waals surface area contributed by atoms with Gasteiger partial charge in [0, 0.05) is 31.5 Å². The molecular weight excluding hydrogens is 316 g/mol. The Kier molecular flexibility index (Phi) is 5.95. The SMILES string of the molecule is O=C(NCCc1ccc(O)cc1)[C@H]1CCCC[C@@H]1C(=O)N1CCCC1. The van der Waals surface area contributed by atoms with Gasteiger partial charge in [-0.25, -0.2) is 0 Å². The summed E-state index contributed by atoms with van der Waals surface area (Å²) in [7, 11) is 0. The van der Waals surface area contributed by atoms with E-state index in [0.717, 1.165) is 63.6 Å². The summed E-state index contributed by atoms with van der Waals surface area (Å²) in [5.74, 6) is 0.146. The lowest BCUT2D eigenvalue weighted by molar-refractivity contribution is -0.142. The topological polar surface area (TPSA) is 69.6 Å². The van der Waals surface area contributed by atoms with E-state index < -0.39 is 0 Å². The average molecular weight is 344 g/mol. The molecule has 0 bridgehead atoms. The van der Waals surface area contributed by atoms with E-state index in [2.05, 4.69) is 5.32 Å². The molecule has 25 heavy (non-hydrogen) atoms. The lowest BCUT2D eigenvalue weighted by Crippen LogP contribution is -2.45. The summed E-state index contributed by atoms with van der Waals surface area (Å²) < 4.78 is 0. The van der Waals surface area contributed by atoms with Crippen LogP contribution in [0.2, 0.25) is 0 Å². The highest BCUT2D eigenvalue weighted by Gasteiger charge is 2.38. The summed E-state index contributed by atoms with van der Waals surface area (Å²) in [6.45, 7) is 2.26. The van der Waals surface area contributed by atoms with Crippen molar-refractivity contribution in [3.05, 3.63) is 29.8 Å².